The molecule has 6 saturated heterocycles. The van der Waals surface area contributed by atoms with E-state index in [4.69, 9.17) is 48.3 Å². The van der Waals surface area contributed by atoms with Crippen LogP contribution in [0.2, 0.25) is 0 Å². The van der Waals surface area contributed by atoms with Crippen LogP contribution in [0.4, 0.5) is 51.5 Å². The molecule has 6 fully saturated rings. The maximum Gasteiger partial charge on any atom is 0.410 e. The van der Waals surface area contributed by atoms with Crippen LogP contribution in [0.15, 0.2) is 303 Å². The lowest BCUT2D eigenvalue weighted by atomic mass is 9.91. The van der Waals surface area contributed by atoms with E-state index in [2.05, 4.69) is 48.7 Å². The first-order chi connectivity index (χ1) is 71.3. The zero-order valence-corrected chi connectivity index (χ0v) is 88.5. The van der Waals surface area contributed by atoms with E-state index in [1.54, 1.807) is 47.3 Å². The van der Waals surface area contributed by atoms with Gasteiger partial charge < -0.3 is 90.1 Å². The van der Waals surface area contributed by atoms with Gasteiger partial charge in [-0.3, -0.25) is 8.37 Å². The number of carbonyl (C=O) groups excluding carboxylic acids is 6. The van der Waals surface area contributed by atoms with Gasteiger partial charge >= 0.3 is 36.6 Å². The maximum absolute atomic E-state index is 12.4. The number of aliphatic hydroxyl groups excluding tert-OH is 2. The highest BCUT2D eigenvalue weighted by atomic mass is 32.2. The number of ether oxygens (including phenoxy) is 6. The van der Waals surface area contributed by atoms with Crippen molar-refractivity contribution in [3.05, 3.63) is 337 Å². The number of amides is 6. The number of nitrogens with zero attached hydrogens (tertiary/aromatic N) is 6. The fraction of sp³-hybridized carbons (Fsp3) is 0.431. The number of anilines is 4. The molecule has 6 aliphatic heterocycles. The Balaban J connectivity index is 0.000000192. The fourth-order valence-electron chi connectivity index (χ4n) is 17.7. The van der Waals surface area contributed by atoms with Crippen LogP contribution in [0, 0.1) is 35.5 Å². The molecule has 30 nitrogen and oxygen atoms in total. The van der Waals surface area contributed by atoms with Gasteiger partial charge in [0.1, 0.15) is 39.6 Å². The Bertz CT molecular complexity index is 5300. The summed E-state index contributed by atoms with van der Waals surface area (Å²) in [6.07, 6.45) is 10.1. The van der Waals surface area contributed by atoms with E-state index >= 15 is 0 Å². The SMILES string of the molecule is C[C@@H](Nc1ccccc1)[C@@H]1CCCN(C(=O)OCc2ccccc2)C1.C[C@@H](O)[C@@H]1CCCN(C(=O)OCc2ccccc2)C1.C[C@@H](OS(C)(=O)=O)[C@@H]1CCCN(C(=O)OCc2ccccc2)C1.C[C@H](Nc1ccccc1)[C@@H]1CCCN(C(=O)OCc2ccccc2)C1.C[C@H](O)[C@@H]1CCCN(C(=O)OCc2ccccc2)C1.C[C@H](OS(C)(=O)=O)[C@@H]1CCCN(C(=O)OCc2ccccc2)C1.Nc1ccccc1.Nc1ccccc1. The van der Waals surface area contributed by atoms with Gasteiger partial charge in [0.15, 0.2) is 0 Å². The van der Waals surface area contributed by atoms with Gasteiger partial charge in [0, 0.05) is 137 Å². The van der Waals surface area contributed by atoms with Gasteiger partial charge in [-0.15, -0.1) is 0 Å². The maximum atomic E-state index is 12.4. The predicted octanol–water partition coefficient (Wildman–Crippen LogP) is 21.2. The third kappa shape index (κ3) is 46.4. The summed E-state index contributed by atoms with van der Waals surface area (Å²) in [5, 5.41) is 26.3. The highest BCUT2D eigenvalue weighted by Gasteiger charge is 2.36. The molecule has 10 aromatic carbocycles. The van der Waals surface area contributed by atoms with Crippen molar-refractivity contribution in [1.82, 2.24) is 29.4 Å². The van der Waals surface area contributed by atoms with Gasteiger partial charge in [-0.05, 0) is 212 Å². The summed E-state index contributed by atoms with van der Waals surface area (Å²) >= 11 is 0. The second kappa shape index (κ2) is 64.8. The Hall–Kier alpha value is -13.2. The van der Waals surface area contributed by atoms with E-state index in [9.17, 15) is 55.8 Å². The minimum absolute atomic E-state index is 0.0113. The summed E-state index contributed by atoms with van der Waals surface area (Å²) in [4.78, 5) is 83.4. The molecule has 6 aliphatic rings. The highest BCUT2D eigenvalue weighted by Crippen LogP contribution is 2.30. The average molecular weight is 2070 g/mol. The monoisotopic (exact) mass is 2070 g/mol. The number of rotatable bonds is 26. The molecule has 800 valence electrons. The first-order valence-corrected chi connectivity index (χ1v) is 55.0. The predicted molar refractivity (Wildman–Crippen MR) is 580 cm³/mol. The summed E-state index contributed by atoms with van der Waals surface area (Å²) < 4.78 is 87.2. The summed E-state index contributed by atoms with van der Waals surface area (Å²) in [6, 6.07) is 97.9. The lowest BCUT2D eigenvalue weighted by Crippen LogP contribution is -2.44. The molecular formula is C116H154N10O20S2. The van der Waals surface area contributed by atoms with Crippen LogP contribution in [0.1, 0.15) is 152 Å². The fourth-order valence-corrected chi connectivity index (χ4v) is 19.2. The van der Waals surface area contributed by atoms with E-state index in [-0.39, 0.29) is 85.7 Å². The van der Waals surface area contributed by atoms with E-state index in [1.165, 1.54) is 0 Å². The van der Waals surface area contributed by atoms with E-state index < -0.39 is 32.4 Å². The normalized spacial score (nSPS) is 18.7. The Kier molecular flexibility index (Phi) is 51.8. The molecule has 32 heteroatoms. The molecule has 6 heterocycles. The van der Waals surface area contributed by atoms with Crippen molar-refractivity contribution in [3.63, 3.8) is 0 Å². The van der Waals surface area contributed by atoms with Crippen LogP contribution in [-0.2, 0) is 96.7 Å². The Morgan fingerprint density at radius 3 is 0.628 bits per heavy atom. The first kappa shape index (κ1) is 118. The van der Waals surface area contributed by atoms with Gasteiger partial charge in [0.05, 0.1) is 36.9 Å². The summed E-state index contributed by atoms with van der Waals surface area (Å²) in [5.41, 5.74) is 20.5. The van der Waals surface area contributed by atoms with Crippen molar-refractivity contribution in [3.8, 4) is 0 Å². The summed E-state index contributed by atoms with van der Waals surface area (Å²) in [5.74, 6) is 1.16. The van der Waals surface area contributed by atoms with Crippen molar-refractivity contribution >= 4 is 79.5 Å². The zero-order chi connectivity index (χ0) is 106. The second-order valence-corrected chi connectivity index (χ2v) is 41.4. The molecule has 0 aliphatic carbocycles. The second-order valence-electron chi connectivity index (χ2n) is 38.2. The van der Waals surface area contributed by atoms with Gasteiger partial charge in [0.25, 0.3) is 20.2 Å². The molecule has 8 N–H and O–H groups in total. The number of likely N-dealkylation sites (tertiary alicyclic amines) is 6. The number of nitrogen functional groups attached to an aromatic ring is 2. The van der Waals surface area contributed by atoms with Crippen LogP contribution in [0.25, 0.3) is 0 Å². The Labute approximate surface area is 876 Å². The molecule has 0 aromatic heterocycles. The molecule has 6 amide bonds. The molecule has 16 rings (SSSR count). The number of piperidine rings is 6. The largest absolute Gasteiger partial charge is 0.445 e. The number of carbonyl (C=O) groups is 6. The summed E-state index contributed by atoms with van der Waals surface area (Å²) in [7, 11) is -6.98. The molecule has 10 aromatic rings. The Morgan fingerprint density at radius 1 is 0.277 bits per heavy atom. The number of benzene rings is 10. The third-order valence-corrected chi connectivity index (χ3v) is 27.5. The average Bonchev–Trinajstić information content (AvgIpc) is 0.925. The smallest absolute Gasteiger partial charge is 0.410 e. The van der Waals surface area contributed by atoms with Crippen LogP contribution >= 0.6 is 0 Å². The van der Waals surface area contributed by atoms with Crippen molar-refractivity contribution in [1.29, 1.82) is 0 Å². The number of aliphatic hydroxyl groups is 2. The number of para-hydroxylation sites is 4. The van der Waals surface area contributed by atoms with E-state index in [0.717, 1.165) is 185 Å². The molecule has 0 radical (unpaired) electrons. The van der Waals surface area contributed by atoms with Crippen LogP contribution in [0.3, 0.4) is 0 Å². The van der Waals surface area contributed by atoms with E-state index in [0.29, 0.717) is 89.6 Å². The zero-order valence-electron chi connectivity index (χ0n) is 86.9. The standard InChI is InChI=1S/2C21H26N2O2.2C16H23NO5S.2C15H21NO3.2C6H7N/c2*1-17(22-20-12-6-3-7-13-20)19-11-8-14-23(15-19)21(24)25-16-18-9-4-2-5-10-18;2*1-13(22-23(2,19)20)15-9-6-10-17(11-15)16(18)21-12-14-7-4-3-5-8-14;2*1-12(17)14-8-5-9-16(10-14)15(18)19-11-13-6-3-2-4-7-13;2*7-6-4-2-1-3-5-6/h2*2-7,9-10,12-13,17,19,22H,8,11,14-16H2,1H3;2*3-5,7-8,13,15H,6,9-12H2,1-2H3;2*2-4,6-7,12,14,17H,5,8-11H2,1H3;2*1-5H,7H2/t17-,19+;17-,19-;13-,15+;13-,15-;12-,14+;12-,14-;;/m010101../s1. The lowest BCUT2D eigenvalue weighted by Gasteiger charge is -2.35. The molecule has 148 heavy (non-hydrogen) atoms. The number of nitrogens with two attached hydrogens (primary N) is 2. The Morgan fingerprint density at radius 2 is 0.446 bits per heavy atom. The molecule has 0 spiro atoms. The third-order valence-electron chi connectivity index (χ3n) is 26.2. The van der Waals surface area contributed by atoms with Crippen molar-refractivity contribution < 1.29 is 92.6 Å². The van der Waals surface area contributed by atoms with E-state index in [1.807, 2.05) is 289 Å². The number of nitrogens with one attached hydrogen (secondary N) is 2. The number of hydrogen-bond donors (Lipinski definition) is 6. The molecular weight excluding hydrogens is 1920 g/mol. The topological polar surface area (TPSA) is 381 Å². The van der Waals surface area contributed by atoms with Crippen molar-refractivity contribution in [2.24, 2.45) is 35.5 Å². The van der Waals surface area contributed by atoms with Crippen LogP contribution in [-0.4, -0.2) is 221 Å². The first-order valence-electron chi connectivity index (χ1n) is 51.4. The molecule has 0 bridgehead atoms. The van der Waals surface area contributed by atoms with Crippen LogP contribution < -0.4 is 22.1 Å². The van der Waals surface area contributed by atoms with Gasteiger partial charge in [-0.2, -0.15) is 16.8 Å². The molecule has 12 atom stereocenters. The van der Waals surface area contributed by atoms with Gasteiger partial charge in [0.2, 0.25) is 0 Å². The minimum Gasteiger partial charge on any atom is -0.445 e. The molecule has 0 saturated carbocycles. The molecule has 0 unspecified atom stereocenters. The van der Waals surface area contributed by atoms with Gasteiger partial charge in [-0.1, -0.05) is 255 Å². The van der Waals surface area contributed by atoms with Crippen LogP contribution in [0.5, 0.6) is 0 Å². The van der Waals surface area contributed by atoms with Gasteiger partial charge in [-0.25, -0.2) is 28.8 Å². The number of hydrogen-bond acceptors (Lipinski definition) is 24. The summed E-state index contributed by atoms with van der Waals surface area (Å²) in [6.45, 7) is 20.9. The lowest BCUT2D eigenvalue weighted by molar-refractivity contribution is 0.0443. The minimum atomic E-state index is -3.49. The van der Waals surface area contributed by atoms with Crippen molar-refractivity contribution in [2.45, 2.75) is 195 Å². The van der Waals surface area contributed by atoms with Crippen molar-refractivity contribution in [2.75, 3.05) is 113 Å². The quantitative estimate of drug-likeness (QED) is 0.0167. The highest BCUT2D eigenvalue weighted by molar-refractivity contribution is 7.86.